The standard InChI is InChI=1S/C13H19NO3S.ClH/c1-16-12-5-3-10(4-6-12)8-18-9-11(14)7-13(15)17-2;/h3-6,11H,7-9,14H2,1-2H3;1H/t11-;/m1./s1. The van der Waals surface area contributed by atoms with Crippen LogP contribution < -0.4 is 10.5 Å². The Morgan fingerprint density at radius 3 is 2.47 bits per heavy atom. The zero-order chi connectivity index (χ0) is 13.4. The van der Waals surface area contributed by atoms with Gasteiger partial charge in [-0.1, -0.05) is 12.1 Å². The Hall–Kier alpha value is -0.910. The fraction of sp³-hybridized carbons (Fsp3) is 0.462. The van der Waals surface area contributed by atoms with E-state index in [9.17, 15) is 4.79 Å². The smallest absolute Gasteiger partial charge is 0.307 e. The number of benzene rings is 1. The van der Waals surface area contributed by atoms with Crippen molar-refractivity contribution in [3.63, 3.8) is 0 Å². The molecule has 0 bridgehead atoms. The molecule has 0 aliphatic carbocycles. The maximum Gasteiger partial charge on any atom is 0.307 e. The van der Waals surface area contributed by atoms with Crippen molar-refractivity contribution in [2.24, 2.45) is 5.73 Å². The second-order valence-corrected chi connectivity index (χ2v) is 4.93. The monoisotopic (exact) mass is 305 g/mol. The minimum absolute atomic E-state index is 0. The lowest BCUT2D eigenvalue weighted by Crippen LogP contribution is -2.26. The fourth-order valence-electron chi connectivity index (χ4n) is 1.41. The minimum Gasteiger partial charge on any atom is -0.497 e. The van der Waals surface area contributed by atoms with Crippen molar-refractivity contribution < 1.29 is 14.3 Å². The summed E-state index contributed by atoms with van der Waals surface area (Å²) in [6.07, 6.45) is 0.270. The van der Waals surface area contributed by atoms with Gasteiger partial charge in [-0.2, -0.15) is 11.8 Å². The number of carbonyl (C=O) groups is 1. The highest BCUT2D eigenvalue weighted by Crippen LogP contribution is 2.17. The maximum absolute atomic E-state index is 11.0. The lowest BCUT2D eigenvalue weighted by Gasteiger charge is -2.09. The molecule has 19 heavy (non-hydrogen) atoms. The Balaban J connectivity index is 0.00000324. The quantitative estimate of drug-likeness (QED) is 0.783. The van der Waals surface area contributed by atoms with Gasteiger partial charge < -0.3 is 15.2 Å². The molecule has 2 N–H and O–H groups in total. The Morgan fingerprint density at radius 2 is 1.95 bits per heavy atom. The molecule has 6 heteroatoms. The molecule has 0 heterocycles. The SMILES string of the molecule is COC(=O)C[C@@H](N)CSCc1ccc(OC)cc1.Cl. The van der Waals surface area contributed by atoms with Crippen LogP contribution in [-0.2, 0) is 15.3 Å². The Morgan fingerprint density at radius 1 is 1.32 bits per heavy atom. The topological polar surface area (TPSA) is 61.5 Å². The van der Waals surface area contributed by atoms with Gasteiger partial charge in [0.25, 0.3) is 0 Å². The van der Waals surface area contributed by atoms with Crippen LogP contribution in [0.1, 0.15) is 12.0 Å². The predicted octanol–water partition coefficient (Wildman–Crippen LogP) is 2.24. The van der Waals surface area contributed by atoms with Crippen LogP contribution in [0.25, 0.3) is 0 Å². The van der Waals surface area contributed by atoms with Crippen LogP contribution in [0, 0.1) is 0 Å². The third kappa shape index (κ3) is 7.30. The van der Waals surface area contributed by atoms with E-state index in [1.165, 1.54) is 12.7 Å². The number of rotatable bonds is 7. The maximum atomic E-state index is 11.0. The average Bonchev–Trinajstić information content (AvgIpc) is 2.39. The van der Waals surface area contributed by atoms with Crippen LogP contribution in [0.4, 0.5) is 0 Å². The third-order valence-corrected chi connectivity index (χ3v) is 3.62. The molecule has 0 unspecified atom stereocenters. The number of halogens is 1. The van der Waals surface area contributed by atoms with Crippen LogP contribution in [0.3, 0.4) is 0 Å². The van der Waals surface area contributed by atoms with Crippen molar-refractivity contribution in [1.29, 1.82) is 0 Å². The van der Waals surface area contributed by atoms with Crippen LogP contribution in [0.2, 0.25) is 0 Å². The number of thioether (sulfide) groups is 1. The normalized spacial score (nSPS) is 11.3. The molecular weight excluding hydrogens is 286 g/mol. The van der Waals surface area contributed by atoms with E-state index in [4.69, 9.17) is 10.5 Å². The molecule has 0 amide bonds. The zero-order valence-corrected chi connectivity index (χ0v) is 12.8. The van der Waals surface area contributed by atoms with Gasteiger partial charge >= 0.3 is 5.97 Å². The summed E-state index contributed by atoms with van der Waals surface area (Å²) in [7, 11) is 3.02. The molecule has 0 spiro atoms. The lowest BCUT2D eigenvalue weighted by atomic mass is 10.2. The summed E-state index contributed by atoms with van der Waals surface area (Å²) in [4.78, 5) is 11.0. The van der Waals surface area contributed by atoms with Crippen molar-refractivity contribution >= 4 is 30.1 Å². The summed E-state index contributed by atoms with van der Waals surface area (Å²) in [6.45, 7) is 0. The number of esters is 1. The average molecular weight is 306 g/mol. The fourth-order valence-corrected chi connectivity index (χ4v) is 2.37. The number of hydrogen-bond donors (Lipinski definition) is 1. The zero-order valence-electron chi connectivity index (χ0n) is 11.1. The van der Waals surface area contributed by atoms with Crippen molar-refractivity contribution in [1.82, 2.24) is 0 Å². The van der Waals surface area contributed by atoms with E-state index in [-0.39, 0.29) is 30.8 Å². The van der Waals surface area contributed by atoms with Crippen molar-refractivity contribution in [2.75, 3.05) is 20.0 Å². The van der Waals surface area contributed by atoms with Crippen molar-refractivity contribution in [2.45, 2.75) is 18.2 Å². The highest BCUT2D eigenvalue weighted by molar-refractivity contribution is 7.98. The number of methoxy groups -OCH3 is 2. The molecule has 0 aliphatic heterocycles. The van der Waals surface area contributed by atoms with E-state index in [1.54, 1.807) is 18.9 Å². The van der Waals surface area contributed by atoms with E-state index in [2.05, 4.69) is 4.74 Å². The number of nitrogens with two attached hydrogens (primary N) is 1. The predicted molar refractivity (Wildman–Crippen MR) is 81.0 cm³/mol. The first-order chi connectivity index (χ1) is 8.65. The lowest BCUT2D eigenvalue weighted by molar-refractivity contribution is -0.140. The van der Waals surface area contributed by atoms with E-state index < -0.39 is 0 Å². The molecule has 1 rings (SSSR count). The minimum atomic E-state index is -0.257. The molecule has 1 aromatic carbocycles. The summed E-state index contributed by atoms with van der Waals surface area (Å²) >= 11 is 1.71. The molecule has 0 fully saturated rings. The number of carbonyl (C=O) groups excluding carboxylic acids is 1. The third-order valence-electron chi connectivity index (χ3n) is 2.42. The van der Waals surface area contributed by atoms with Crippen LogP contribution in [0.5, 0.6) is 5.75 Å². The van der Waals surface area contributed by atoms with Gasteiger partial charge in [-0.3, -0.25) is 4.79 Å². The largest absolute Gasteiger partial charge is 0.497 e. The van der Waals surface area contributed by atoms with Gasteiger partial charge in [0.1, 0.15) is 5.75 Å². The first kappa shape index (κ1) is 18.1. The van der Waals surface area contributed by atoms with Crippen LogP contribution in [0.15, 0.2) is 24.3 Å². The van der Waals surface area contributed by atoms with Crippen molar-refractivity contribution in [3.05, 3.63) is 29.8 Å². The summed E-state index contributed by atoms with van der Waals surface area (Å²) in [6, 6.07) is 7.77. The van der Waals surface area contributed by atoms with Gasteiger partial charge in [0.15, 0.2) is 0 Å². The Bertz CT molecular complexity index is 373. The van der Waals surface area contributed by atoms with Gasteiger partial charge in [0.2, 0.25) is 0 Å². The van der Waals surface area contributed by atoms with Gasteiger partial charge in [-0.15, -0.1) is 12.4 Å². The molecule has 0 saturated heterocycles. The first-order valence-corrected chi connectivity index (χ1v) is 6.84. The van der Waals surface area contributed by atoms with Crippen molar-refractivity contribution in [3.8, 4) is 5.75 Å². The van der Waals surface area contributed by atoms with E-state index >= 15 is 0 Å². The van der Waals surface area contributed by atoms with Gasteiger partial charge in [0.05, 0.1) is 20.6 Å². The molecule has 108 valence electrons. The molecule has 0 radical (unpaired) electrons. The second kappa shape index (κ2) is 9.95. The first-order valence-electron chi connectivity index (χ1n) is 5.68. The number of ether oxygens (including phenoxy) is 2. The van der Waals surface area contributed by atoms with Gasteiger partial charge in [-0.25, -0.2) is 0 Å². The summed E-state index contributed by atoms with van der Waals surface area (Å²) in [5, 5.41) is 0. The van der Waals surface area contributed by atoms with E-state index in [0.717, 1.165) is 17.3 Å². The van der Waals surface area contributed by atoms with Gasteiger partial charge in [0, 0.05) is 17.5 Å². The molecule has 1 aromatic rings. The molecule has 0 saturated carbocycles. The summed E-state index contributed by atoms with van der Waals surface area (Å²) in [5.41, 5.74) is 7.03. The highest BCUT2D eigenvalue weighted by atomic mass is 35.5. The molecule has 4 nitrogen and oxygen atoms in total. The molecular formula is C13H20ClNO3S. The van der Waals surface area contributed by atoms with Crippen LogP contribution >= 0.6 is 24.2 Å². The molecule has 0 aromatic heterocycles. The van der Waals surface area contributed by atoms with E-state index in [0.29, 0.717) is 0 Å². The highest BCUT2D eigenvalue weighted by Gasteiger charge is 2.09. The van der Waals surface area contributed by atoms with E-state index in [1.807, 2.05) is 24.3 Å². The molecule has 0 aliphatic rings. The molecule has 1 atom stereocenters. The second-order valence-electron chi connectivity index (χ2n) is 3.90. The van der Waals surface area contributed by atoms with Crippen LogP contribution in [-0.4, -0.2) is 32.0 Å². The Labute approximate surface area is 124 Å². The summed E-state index contributed by atoms with van der Waals surface area (Å²) < 4.78 is 9.66. The number of hydrogen-bond acceptors (Lipinski definition) is 5. The van der Waals surface area contributed by atoms with Gasteiger partial charge in [-0.05, 0) is 17.7 Å². The Kier molecular flexibility index (Phi) is 9.47. The summed E-state index contributed by atoms with van der Waals surface area (Å²) in [5.74, 6) is 2.21.